The van der Waals surface area contributed by atoms with Crippen LogP contribution in [0.4, 0.5) is 34.1 Å². The molecule has 16 aromatic rings. The molecule has 5 nitrogen and oxygen atoms in total. The number of fused-ring (bicyclic) bond motifs is 14. The van der Waals surface area contributed by atoms with Crippen molar-refractivity contribution in [1.82, 2.24) is 13.7 Å². The first kappa shape index (κ1) is 46.7. The highest BCUT2D eigenvalue weighted by Gasteiger charge is 2.45. The number of para-hydroxylation sites is 6. The minimum absolute atomic E-state index is 0.170. The highest BCUT2D eigenvalue weighted by molar-refractivity contribution is 7.00. The minimum atomic E-state index is -0.170. The van der Waals surface area contributed by atoms with Crippen molar-refractivity contribution in [3.8, 4) is 39.3 Å². The number of nitrogens with zero attached hydrogens (tertiary/aromatic N) is 5. The van der Waals surface area contributed by atoms with E-state index in [9.17, 15) is 0 Å². The Morgan fingerprint density at radius 3 is 1.24 bits per heavy atom. The molecular formula is C78H50BN5. The number of aromatic nitrogens is 3. The van der Waals surface area contributed by atoms with Crippen LogP contribution in [0.3, 0.4) is 0 Å². The number of hydrogen-bond acceptors (Lipinski definition) is 2. The lowest BCUT2D eigenvalue weighted by molar-refractivity contribution is 1.15. The van der Waals surface area contributed by atoms with Gasteiger partial charge in [-0.3, -0.25) is 0 Å². The van der Waals surface area contributed by atoms with Gasteiger partial charge in [-0.05, 0) is 136 Å². The molecule has 0 amide bonds. The van der Waals surface area contributed by atoms with Crippen molar-refractivity contribution in [2.75, 3.05) is 9.80 Å². The zero-order chi connectivity index (χ0) is 55.0. The van der Waals surface area contributed by atoms with E-state index in [0.29, 0.717) is 0 Å². The van der Waals surface area contributed by atoms with Crippen LogP contribution < -0.4 is 26.2 Å². The molecular weight excluding hydrogens is 1020 g/mol. The molecule has 13 aromatic carbocycles. The van der Waals surface area contributed by atoms with Gasteiger partial charge in [0, 0.05) is 72.1 Å². The monoisotopic (exact) mass is 1070 g/mol. The van der Waals surface area contributed by atoms with E-state index < -0.39 is 0 Å². The van der Waals surface area contributed by atoms with Crippen LogP contribution in [0, 0.1) is 0 Å². The average Bonchev–Trinajstić information content (AvgIpc) is 1.11. The molecule has 390 valence electrons. The highest BCUT2D eigenvalue weighted by atomic mass is 15.2. The maximum atomic E-state index is 2.62. The lowest BCUT2D eigenvalue weighted by atomic mass is 9.33. The average molecular weight is 1070 g/mol. The quantitative estimate of drug-likeness (QED) is 0.148. The van der Waals surface area contributed by atoms with Gasteiger partial charge in [-0.1, -0.05) is 206 Å². The Kier molecular flexibility index (Phi) is 10.1. The molecule has 0 saturated heterocycles. The van der Waals surface area contributed by atoms with Crippen LogP contribution in [-0.4, -0.2) is 20.4 Å². The third-order valence-corrected chi connectivity index (χ3v) is 18.0. The van der Waals surface area contributed by atoms with Crippen molar-refractivity contribution in [1.29, 1.82) is 0 Å². The van der Waals surface area contributed by atoms with Gasteiger partial charge in [0.25, 0.3) is 6.71 Å². The first-order chi connectivity index (χ1) is 41.7. The normalized spacial score (nSPS) is 12.7. The number of anilines is 6. The molecule has 2 aliphatic heterocycles. The molecule has 6 heteroatoms. The fraction of sp³-hybridized carbons (Fsp3) is 0. The second-order valence-corrected chi connectivity index (χ2v) is 22.4. The van der Waals surface area contributed by atoms with E-state index in [-0.39, 0.29) is 6.71 Å². The summed E-state index contributed by atoms with van der Waals surface area (Å²) in [4.78, 5) is 5.21. The van der Waals surface area contributed by atoms with Crippen molar-refractivity contribution >= 4 is 123 Å². The Bertz CT molecular complexity index is 5220. The van der Waals surface area contributed by atoms with Gasteiger partial charge in [-0.15, -0.1) is 0 Å². The predicted molar refractivity (Wildman–Crippen MR) is 354 cm³/mol. The molecule has 0 saturated carbocycles. The number of hydrogen-bond donors (Lipinski definition) is 0. The maximum Gasteiger partial charge on any atom is 0.252 e. The van der Waals surface area contributed by atoms with Crippen LogP contribution in [0.15, 0.2) is 303 Å². The predicted octanol–water partition coefficient (Wildman–Crippen LogP) is 18.4. The summed E-state index contributed by atoms with van der Waals surface area (Å²) in [7, 11) is 0. The third kappa shape index (κ3) is 6.79. The summed E-state index contributed by atoms with van der Waals surface area (Å²) in [5.74, 6) is 0. The van der Waals surface area contributed by atoms with Crippen LogP contribution in [0.2, 0.25) is 0 Å². The molecule has 0 radical (unpaired) electrons. The van der Waals surface area contributed by atoms with Gasteiger partial charge < -0.3 is 23.5 Å². The molecule has 0 aliphatic carbocycles. The molecule has 0 unspecified atom stereocenters. The topological polar surface area (TPSA) is 21.3 Å². The summed E-state index contributed by atoms with van der Waals surface area (Å²) in [6.07, 6.45) is 0. The summed E-state index contributed by atoms with van der Waals surface area (Å²) in [6, 6.07) is 113. The van der Waals surface area contributed by atoms with Crippen LogP contribution in [-0.2, 0) is 0 Å². The van der Waals surface area contributed by atoms with E-state index >= 15 is 0 Å². The maximum absolute atomic E-state index is 2.62. The van der Waals surface area contributed by atoms with Crippen molar-refractivity contribution in [2.45, 2.75) is 0 Å². The smallest absolute Gasteiger partial charge is 0.252 e. The largest absolute Gasteiger partial charge is 0.311 e. The summed E-state index contributed by atoms with van der Waals surface area (Å²) >= 11 is 0. The standard InChI is InChI=1S/C78H50BN5/c1-4-21-51(22-5-1)53-39-41-56(42-40-53)84-75-50-59(83-69-36-17-12-31-62(69)63-32-13-18-37-70(63)83)49-74-77(75)79(66-45-46-72-76(78(66)84)64-33-14-19-38-71(64)80(72)55-26-8-3-9-27-55)65-44-43-58(81-67-34-15-10-29-60(67)61-30-11-16-35-68(61)81)48-73(65)82(74)57-28-20-25-54(47-57)52-23-6-2-7-24-52/h1-50H. The highest BCUT2D eigenvalue weighted by Crippen LogP contribution is 2.51. The molecule has 0 N–H and O–H groups in total. The first-order valence-corrected chi connectivity index (χ1v) is 29.0. The molecule has 2 aliphatic rings. The minimum Gasteiger partial charge on any atom is -0.311 e. The fourth-order valence-corrected chi connectivity index (χ4v) is 14.5. The van der Waals surface area contributed by atoms with Crippen LogP contribution >= 0.6 is 0 Å². The summed E-state index contributed by atoms with van der Waals surface area (Å²) in [5, 5.41) is 7.34. The lowest BCUT2D eigenvalue weighted by Crippen LogP contribution is -2.61. The van der Waals surface area contributed by atoms with E-state index in [1.807, 2.05) is 0 Å². The lowest BCUT2D eigenvalue weighted by Gasteiger charge is -2.45. The Hall–Kier alpha value is -11.1. The fourth-order valence-electron chi connectivity index (χ4n) is 14.5. The van der Waals surface area contributed by atoms with E-state index in [2.05, 4.69) is 327 Å². The summed E-state index contributed by atoms with van der Waals surface area (Å²) in [6.45, 7) is -0.170. The van der Waals surface area contributed by atoms with Gasteiger partial charge in [0.15, 0.2) is 0 Å². The van der Waals surface area contributed by atoms with E-state index in [1.54, 1.807) is 0 Å². The summed E-state index contributed by atoms with van der Waals surface area (Å²) in [5.41, 5.74) is 25.5. The van der Waals surface area contributed by atoms with Gasteiger partial charge in [-0.2, -0.15) is 0 Å². The molecule has 5 heterocycles. The van der Waals surface area contributed by atoms with Crippen molar-refractivity contribution in [2.24, 2.45) is 0 Å². The first-order valence-electron chi connectivity index (χ1n) is 29.0. The molecule has 0 bridgehead atoms. The summed E-state index contributed by atoms with van der Waals surface area (Å²) < 4.78 is 7.44. The van der Waals surface area contributed by atoms with Gasteiger partial charge in [0.05, 0.1) is 44.5 Å². The van der Waals surface area contributed by atoms with Gasteiger partial charge in [0.1, 0.15) is 0 Å². The van der Waals surface area contributed by atoms with Crippen molar-refractivity contribution in [3.05, 3.63) is 303 Å². The molecule has 3 aromatic heterocycles. The van der Waals surface area contributed by atoms with Gasteiger partial charge in [-0.25, -0.2) is 0 Å². The third-order valence-electron chi connectivity index (χ3n) is 18.0. The molecule has 0 fully saturated rings. The van der Waals surface area contributed by atoms with E-state index in [0.717, 1.165) is 67.6 Å². The number of rotatable bonds is 7. The van der Waals surface area contributed by atoms with E-state index in [4.69, 9.17) is 0 Å². The van der Waals surface area contributed by atoms with Crippen molar-refractivity contribution in [3.63, 3.8) is 0 Å². The van der Waals surface area contributed by atoms with E-state index in [1.165, 1.54) is 87.6 Å². The Morgan fingerprint density at radius 2 is 0.643 bits per heavy atom. The molecule has 0 atom stereocenters. The zero-order valence-electron chi connectivity index (χ0n) is 45.7. The number of benzene rings is 13. The van der Waals surface area contributed by atoms with Crippen LogP contribution in [0.1, 0.15) is 0 Å². The zero-order valence-corrected chi connectivity index (χ0v) is 45.7. The molecule has 0 spiro atoms. The van der Waals surface area contributed by atoms with Crippen molar-refractivity contribution < 1.29 is 0 Å². The van der Waals surface area contributed by atoms with Crippen LogP contribution in [0.25, 0.3) is 105 Å². The van der Waals surface area contributed by atoms with Gasteiger partial charge >= 0.3 is 0 Å². The van der Waals surface area contributed by atoms with Gasteiger partial charge in [0.2, 0.25) is 0 Å². The SMILES string of the molecule is c1ccc(-c2ccc(N3c4cc(-n5c6ccccc6c6ccccc65)cc5c4B(c4ccc(-n6c7ccccc7c7ccccc76)cc4N5c4cccc(-c5ccccc5)c4)c4ccc5c(c43)c3ccccc3n5-c3ccccc3)cc2)cc1. The van der Waals surface area contributed by atoms with Crippen LogP contribution in [0.5, 0.6) is 0 Å². The molecule has 18 rings (SSSR count). The second-order valence-electron chi connectivity index (χ2n) is 22.4. The Labute approximate surface area is 486 Å². The second kappa shape index (κ2) is 18.2. The molecule has 84 heavy (non-hydrogen) atoms. The Morgan fingerprint density at radius 1 is 0.226 bits per heavy atom. The Balaban J connectivity index is 1.00.